The van der Waals surface area contributed by atoms with Crippen LogP contribution in [0.5, 0.6) is 11.5 Å². The van der Waals surface area contributed by atoms with Crippen LogP contribution in [0.2, 0.25) is 0 Å². The van der Waals surface area contributed by atoms with Gasteiger partial charge in [0.1, 0.15) is 11.5 Å². The summed E-state index contributed by atoms with van der Waals surface area (Å²) < 4.78 is 5.69. The topological polar surface area (TPSA) is 75.6 Å². The third-order valence-electron chi connectivity index (χ3n) is 3.40. The van der Waals surface area contributed by atoms with Crippen LogP contribution in [-0.2, 0) is 4.79 Å². The van der Waals surface area contributed by atoms with Gasteiger partial charge < -0.3 is 15.2 Å². The van der Waals surface area contributed by atoms with Crippen molar-refractivity contribution in [1.29, 1.82) is 0 Å². The predicted octanol–water partition coefficient (Wildman–Crippen LogP) is 4.89. The largest absolute Gasteiger partial charge is 0.478 e. The summed E-state index contributed by atoms with van der Waals surface area (Å²) >= 11 is 1.50. The summed E-state index contributed by atoms with van der Waals surface area (Å²) in [6, 6.07) is 17.3. The molecule has 3 rings (SSSR count). The van der Waals surface area contributed by atoms with Gasteiger partial charge in [-0.1, -0.05) is 24.3 Å². The number of rotatable bonds is 6. The molecular weight excluding hydrogens is 350 g/mol. The first-order valence-corrected chi connectivity index (χ1v) is 8.62. The van der Waals surface area contributed by atoms with E-state index in [1.165, 1.54) is 29.5 Å². The minimum Gasteiger partial charge on any atom is -0.478 e. The van der Waals surface area contributed by atoms with E-state index in [0.717, 1.165) is 4.88 Å². The number of hydrogen-bond donors (Lipinski definition) is 2. The highest BCUT2D eigenvalue weighted by molar-refractivity contribution is 7.10. The van der Waals surface area contributed by atoms with Gasteiger partial charge in [0.05, 0.1) is 11.3 Å². The fraction of sp³-hybridized carbons (Fsp3) is 0. The number of amides is 1. The van der Waals surface area contributed by atoms with Crippen molar-refractivity contribution in [3.63, 3.8) is 0 Å². The van der Waals surface area contributed by atoms with Crippen LogP contribution in [0.3, 0.4) is 0 Å². The summed E-state index contributed by atoms with van der Waals surface area (Å²) in [6.45, 7) is 0. The molecule has 0 aliphatic heterocycles. The van der Waals surface area contributed by atoms with Gasteiger partial charge in [-0.25, -0.2) is 4.79 Å². The number of benzene rings is 2. The lowest BCUT2D eigenvalue weighted by molar-refractivity contribution is -0.111. The van der Waals surface area contributed by atoms with Gasteiger partial charge in [0, 0.05) is 17.0 Å². The molecule has 2 N–H and O–H groups in total. The van der Waals surface area contributed by atoms with Crippen LogP contribution in [0.1, 0.15) is 15.2 Å². The lowest BCUT2D eigenvalue weighted by Gasteiger charge is -2.10. The highest BCUT2D eigenvalue weighted by Crippen LogP contribution is 2.27. The Balaban J connectivity index is 1.80. The fourth-order valence-corrected chi connectivity index (χ4v) is 2.84. The van der Waals surface area contributed by atoms with Gasteiger partial charge in [-0.3, -0.25) is 4.79 Å². The van der Waals surface area contributed by atoms with Gasteiger partial charge in [-0.05, 0) is 41.8 Å². The second-order valence-corrected chi connectivity index (χ2v) is 6.24. The molecule has 0 aliphatic carbocycles. The number of carboxylic acids is 1. The minimum absolute atomic E-state index is 0.0108. The molecule has 0 fully saturated rings. The monoisotopic (exact) mass is 365 g/mol. The quantitative estimate of drug-likeness (QED) is 0.610. The zero-order valence-electron chi connectivity index (χ0n) is 13.6. The molecule has 0 saturated heterocycles. The lowest BCUT2D eigenvalue weighted by Crippen LogP contribution is -2.12. The molecule has 3 aromatic rings. The molecule has 0 aliphatic rings. The first-order chi connectivity index (χ1) is 12.6. The average Bonchev–Trinajstić information content (AvgIpc) is 3.14. The molecule has 0 radical (unpaired) electrons. The number of anilines is 1. The smallest absolute Gasteiger partial charge is 0.337 e. The first kappa shape index (κ1) is 17.4. The SMILES string of the molecule is O=C(/C=C/c1cccs1)Nc1cc(Oc2ccccc2)ccc1C(=O)O. The Kier molecular flexibility index (Phi) is 5.46. The zero-order valence-corrected chi connectivity index (χ0v) is 14.4. The molecular formula is C20H15NO4S. The Bertz CT molecular complexity index is 934. The van der Waals surface area contributed by atoms with Crippen LogP contribution in [0.25, 0.3) is 6.08 Å². The van der Waals surface area contributed by atoms with Crippen molar-refractivity contribution >= 4 is 35.0 Å². The van der Waals surface area contributed by atoms with Gasteiger partial charge in [0.2, 0.25) is 5.91 Å². The number of carbonyl (C=O) groups excluding carboxylic acids is 1. The zero-order chi connectivity index (χ0) is 18.4. The third kappa shape index (κ3) is 4.58. The van der Waals surface area contributed by atoms with E-state index in [0.29, 0.717) is 11.5 Å². The molecule has 130 valence electrons. The second kappa shape index (κ2) is 8.13. The number of para-hydroxylation sites is 1. The Morgan fingerprint density at radius 1 is 1.00 bits per heavy atom. The minimum atomic E-state index is -1.13. The summed E-state index contributed by atoms with van der Waals surface area (Å²) in [6.07, 6.45) is 3.03. The number of ether oxygens (including phenoxy) is 1. The van der Waals surface area contributed by atoms with Crippen LogP contribution < -0.4 is 10.1 Å². The highest BCUT2D eigenvalue weighted by atomic mass is 32.1. The van der Waals surface area contributed by atoms with Crippen LogP contribution in [0.4, 0.5) is 5.69 Å². The van der Waals surface area contributed by atoms with E-state index in [9.17, 15) is 14.7 Å². The number of nitrogens with one attached hydrogen (secondary N) is 1. The third-order valence-corrected chi connectivity index (χ3v) is 4.24. The lowest BCUT2D eigenvalue weighted by atomic mass is 10.1. The number of carbonyl (C=O) groups is 2. The maximum absolute atomic E-state index is 12.1. The van der Waals surface area contributed by atoms with Crippen molar-refractivity contribution in [3.8, 4) is 11.5 Å². The fourth-order valence-electron chi connectivity index (χ4n) is 2.22. The molecule has 0 saturated carbocycles. The summed E-state index contributed by atoms with van der Waals surface area (Å²) in [5.41, 5.74) is 0.162. The molecule has 1 aromatic heterocycles. The van der Waals surface area contributed by atoms with E-state index < -0.39 is 11.9 Å². The predicted molar refractivity (Wildman–Crippen MR) is 102 cm³/mol. The van der Waals surface area contributed by atoms with Crippen LogP contribution >= 0.6 is 11.3 Å². The van der Waals surface area contributed by atoms with Crippen molar-refractivity contribution in [3.05, 3.63) is 82.6 Å². The Labute approximate surface area is 154 Å². The Hall–Kier alpha value is -3.38. The molecule has 1 amide bonds. The Morgan fingerprint density at radius 3 is 2.50 bits per heavy atom. The first-order valence-electron chi connectivity index (χ1n) is 7.74. The van der Waals surface area contributed by atoms with Crippen molar-refractivity contribution in [2.75, 3.05) is 5.32 Å². The molecule has 26 heavy (non-hydrogen) atoms. The summed E-state index contributed by atoms with van der Waals surface area (Å²) in [5.74, 6) is -0.504. The van der Waals surface area contributed by atoms with Crippen LogP contribution in [-0.4, -0.2) is 17.0 Å². The van der Waals surface area contributed by atoms with E-state index in [4.69, 9.17) is 4.74 Å². The second-order valence-electron chi connectivity index (χ2n) is 5.27. The van der Waals surface area contributed by atoms with Crippen molar-refractivity contribution in [1.82, 2.24) is 0 Å². The van der Waals surface area contributed by atoms with Gasteiger partial charge in [0.15, 0.2) is 0 Å². The number of thiophene rings is 1. The van der Waals surface area contributed by atoms with E-state index in [-0.39, 0.29) is 11.3 Å². The van der Waals surface area contributed by atoms with Crippen molar-refractivity contribution < 1.29 is 19.4 Å². The average molecular weight is 365 g/mol. The van der Waals surface area contributed by atoms with Gasteiger partial charge in [-0.15, -0.1) is 11.3 Å². The van der Waals surface area contributed by atoms with E-state index in [2.05, 4.69) is 5.32 Å². The summed E-state index contributed by atoms with van der Waals surface area (Å²) in [4.78, 5) is 24.5. The van der Waals surface area contributed by atoms with Gasteiger partial charge in [0.25, 0.3) is 0 Å². The van der Waals surface area contributed by atoms with E-state index in [1.807, 2.05) is 35.7 Å². The van der Waals surface area contributed by atoms with Crippen LogP contribution in [0.15, 0.2) is 72.1 Å². The number of hydrogen-bond acceptors (Lipinski definition) is 4. The van der Waals surface area contributed by atoms with E-state index in [1.54, 1.807) is 24.3 Å². The molecule has 1 heterocycles. The summed E-state index contributed by atoms with van der Waals surface area (Å²) in [5, 5.41) is 13.8. The Morgan fingerprint density at radius 2 is 1.81 bits per heavy atom. The van der Waals surface area contributed by atoms with Crippen LogP contribution in [0, 0.1) is 0 Å². The number of carboxylic acid groups (broad SMARTS) is 1. The maximum Gasteiger partial charge on any atom is 0.337 e. The number of aromatic carboxylic acids is 1. The van der Waals surface area contributed by atoms with Crippen molar-refractivity contribution in [2.24, 2.45) is 0 Å². The maximum atomic E-state index is 12.1. The molecule has 0 atom stereocenters. The molecule has 0 bridgehead atoms. The molecule has 6 heteroatoms. The molecule has 5 nitrogen and oxygen atoms in total. The van der Waals surface area contributed by atoms with Crippen molar-refractivity contribution in [2.45, 2.75) is 0 Å². The highest BCUT2D eigenvalue weighted by Gasteiger charge is 2.13. The standard InChI is InChI=1S/C20H15NO4S/c22-19(11-9-16-7-4-12-26-16)21-18-13-15(8-10-17(18)20(23)24)25-14-5-2-1-3-6-14/h1-13H,(H,21,22)(H,23,24)/b11-9+. The van der Waals surface area contributed by atoms with E-state index >= 15 is 0 Å². The normalized spacial score (nSPS) is 10.6. The molecule has 2 aromatic carbocycles. The molecule has 0 spiro atoms. The van der Waals surface area contributed by atoms with Gasteiger partial charge in [-0.2, -0.15) is 0 Å². The molecule has 0 unspecified atom stereocenters. The summed E-state index contributed by atoms with van der Waals surface area (Å²) in [7, 11) is 0. The van der Waals surface area contributed by atoms with Gasteiger partial charge >= 0.3 is 5.97 Å².